The molecule has 1 aromatic rings. The predicted molar refractivity (Wildman–Crippen MR) is 74.4 cm³/mol. The molecule has 1 aromatic carbocycles. The maximum atomic E-state index is 11.5. The number of esters is 1. The van der Waals surface area contributed by atoms with E-state index in [0.29, 0.717) is 12.8 Å². The molecule has 0 radical (unpaired) electrons. The van der Waals surface area contributed by atoms with E-state index in [9.17, 15) is 9.59 Å². The number of alkyl halides is 1. The normalized spacial score (nSPS) is 13.4. The molecule has 0 aromatic heterocycles. The Kier molecular flexibility index (Phi) is 6.35. The van der Waals surface area contributed by atoms with Gasteiger partial charge in [-0.25, -0.2) is 9.59 Å². The van der Waals surface area contributed by atoms with Crippen LogP contribution in [0.25, 0.3) is 0 Å². The molecule has 1 unspecified atom stereocenters. The number of hydrogen-bond donors (Lipinski definition) is 2. The highest BCUT2D eigenvalue weighted by Crippen LogP contribution is 2.16. The molecular weight excluding hydrogens is 314 g/mol. The van der Waals surface area contributed by atoms with Crippen molar-refractivity contribution in [3.8, 4) is 0 Å². The van der Waals surface area contributed by atoms with Gasteiger partial charge in [0.1, 0.15) is 6.04 Å². The maximum absolute atomic E-state index is 11.5. The fourth-order valence-electron chi connectivity index (χ4n) is 1.71. The second-order valence-corrected chi connectivity index (χ2v) is 5.34. The van der Waals surface area contributed by atoms with E-state index in [0.717, 1.165) is 5.56 Å². The van der Waals surface area contributed by atoms with Gasteiger partial charge in [0, 0.05) is 4.83 Å². The Balaban J connectivity index is 2.58. The first kappa shape index (κ1) is 15.5. The number of ether oxygens (including phenoxy) is 1. The first-order valence-corrected chi connectivity index (χ1v) is 6.69. The lowest BCUT2D eigenvalue weighted by Crippen LogP contribution is -2.42. The van der Waals surface area contributed by atoms with E-state index in [1.54, 1.807) is 0 Å². The zero-order valence-corrected chi connectivity index (χ0v) is 12.1. The maximum Gasteiger partial charge on any atom is 0.405 e. The van der Waals surface area contributed by atoms with Crippen LogP contribution in [0.1, 0.15) is 12.0 Å². The van der Waals surface area contributed by atoms with Gasteiger partial charge in [-0.3, -0.25) is 0 Å². The van der Waals surface area contributed by atoms with Crippen molar-refractivity contribution in [1.82, 2.24) is 5.32 Å². The number of carboxylic acid groups (broad SMARTS) is 1. The van der Waals surface area contributed by atoms with E-state index in [-0.39, 0.29) is 4.83 Å². The van der Waals surface area contributed by atoms with Crippen LogP contribution < -0.4 is 5.32 Å². The molecule has 2 N–H and O–H groups in total. The molecule has 0 aliphatic rings. The number of halogens is 1. The number of carbonyl (C=O) groups is 2. The zero-order chi connectivity index (χ0) is 14.3. The third-order valence-electron chi connectivity index (χ3n) is 2.57. The van der Waals surface area contributed by atoms with Crippen LogP contribution in [0.2, 0.25) is 0 Å². The third kappa shape index (κ3) is 5.74. The SMILES string of the molecule is COC(=O)C(C[C@H](Br)Cc1ccccc1)NC(=O)O. The van der Waals surface area contributed by atoms with Crippen LogP contribution in [-0.4, -0.2) is 35.1 Å². The molecule has 0 aliphatic heterocycles. The van der Waals surface area contributed by atoms with Gasteiger partial charge >= 0.3 is 12.1 Å². The van der Waals surface area contributed by atoms with Crippen LogP contribution in [-0.2, 0) is 16.0 Å². The molecular formula is C13H16BrNO4. The lowest BCUT2D eigenvalue weighted by atomic mass is 10.0. The molecule has 2 atom stereocenters. The fourth-order valence-corrected chi connectivity index (χ4v) is 2.46. The first-order valence-electron chi connectivity index (χ1n) is 5.78. The summed E-state index contributed by atoms with van der Waals surface area (Å²) in [6, 6.07) is 8.88. The minimum absolute atomic E-state index is 0.0224. The van der Waals surface area contributed by atoms with Crippen LogP contribution in [0.4, 0.5) is 4.79 Å². The number of rotatable bonds is 6. The fraction of sp³-hybridized carbons (Fsp3) is 0.385. The first-order chi connectivity index (χ1) is 9.02. The van der Waals surface area contributed by atoms with Gasteiger partial charge in [-0.2, -0.15) is 0 Å². The minimum Gasteiger partial charge on any atom is -0.467 e. The van der Waals surface area contributed by atoms with E-state index in [4.69, 9.17) is 5.11 Å². The van der Waals surface area contributed by atoms with Gasteiger partial charge in [0.25, 0.3) is 0 Å². The van der Waals surface area contributed by atoms with Crippen LogP contribution in [0, 0.1) is 0 Å². The van der Waals surface area contributed by atoms with Crippen molar-refractivity contribution in [3.63, 3.8) is 0 Å². The molecule has 104 valence electrons. The van der Waals surface area contributed by atoms with E-state index >= 15 is 0 Å². The van der Waals surface area contributed by atoms with E-state index in [2.05, 4.69) is 26.0 Å². The average molecular weight is 330 g/mol. The molecule has 0 saturated heterocycles. The Labute approximate surface area is 120 Å². The smallest absolute Gasteiger partial charge is 0.405 e. The number of nitrogens with one attached hydrogen (secondary N) is 1. The summed E-state index contributed by atoms with van der Waals surface area (Å²) in [5.41, 5.74) is 1.11. The number of hydrogen-bond acceptors (Lipinski definition) is 3. The molecule has 0 heterocycles. The van der Waals surface area contributed by atoms with E-state index in [1.807, 2.05) is 30.3 Å². The lowest BCUT2D eigenvalue weighted by Gasteiger charge is -2.18. The van der Waals surface area contributed by atoms with Gasteiger partial charge in [0.2, 0.25) is 0 Å². The van der Waals surface area contributed by atoms with Crippen LogP contribution in [0.15, 0.2) is 30.3 Å². The van der Waals surface area contributed by atoms with Crippen molar-refractivity contribution in [2.75, 3.05) is 7.11 Å². The number of carbonyl (C=O) groups excluding carboxylic acids is 1. The second kappa shape index (κ2) is 7.78. The van der Waals surface area contributed by atoms with Gasteiger partial charge in [-0.15, -0.1) is 0 Å². The zero-order valence-electron chi connectivity index (χ0n) is 10.5. The highest BCUT2D eigenvalue weighted by atomic mass is 79.9. The summed E-state index contributed by atoms with van der Waals surface area (Å²) in [4.78, 5) is 22.1. The summed E-state index contributed by atoms with van der Waals surface area (Å²) in [6.45, 7) is 0. The number of benzene rings is 1. The average Bonchev–Trinajstić information content (AvgIpc) is 2.37. The molecule has 0 saturated carbocycles. The summed E-state index contributed by atoms with van der Waals surface area (Å²) in [5, 5.41) is 10.9. The molecule has 19 heavy (non-hydrogen) atoms. The predicted octanol–water partition coefficient (Wildman–Crippen LogP) is 2.19. The van der Waals surface area contributed by atoms with Crippen LogP contribution in [0.3, 0.4) is 0 Å². The van der Waals surface area contributed by atoms with Crippen molar-refractivity contribution in [1.29, 1.82) is 0 Å². The molecule has 1 rings (SSSR count). The Morgan fingerprint density at radius 3 is 2.53 bits per heavy atom. The topological polar surface area (TPSA) is 75.6 Å². The summed E-state index contributed by atoms with van der Waals surface area (Å²) >= 11 is 3.46. The van der Waals surface area contributed by atoms with Crippen LogP contribution in [0.5, 0.6) is 0 Å². The van der Waals surface area contributed by atoms with Crippen molar-refractivity contribution >= 4 is 28.0 Å². The van der Waals surface area contributed by atoms with E-state index in [1.165, 1.54) is 7.11 Å². The molecule has 1 amide bonds. The minimum atomic E-state index is -1.24. The number of methoxy groups -OCH3 is 1. The molecule has 0 fully saturated rings. The highest BCUT2D eigenvalue weighted by molar-refractivity contribution is 9.09. The molecule has 5 nitrogen and oxygen atoms in total. The van der Waals surface area contributed by atoms with Gasteiger partial charge in [-0.05, 0) is 18.4 Å². The van der Waals surface area contributed by atoms with Gasteiger partial charge in [-0.1, -0.05) is 46.3 Å². The monoisotopic (exact) mass is 329 g/mol. The van der Waals surface area contributed by atoms with Crippen molar-refractivity contribution in [2.45, 2.75) is 23.7 Å². The van der Waals surface area contributed by atoms with Crippen molar-refractivity contribution in [3.05, 3.63) is 35.9 Å². The Hall–Kier alpha value is -1.56. The van der Waals surface area contributed by atoms with Crippen molar-refractivity contribution in [2.24, 2.45) is 0 Å². The van der Waals surface area contributed by atoms with Gasteiger partial charge in [0.05, 0.1) is 7.11 Å². The van der Waals surface area contributed by atoms with Gasteiger partial charge in [0.15, 0.2) is 0 Å². The molecule has 0 bridgehead atoms. The molecule has 0 aliphatic carbocycles. The summed E-state index contributed by atoms with van der Waals surface area (Å²) in [6.07, 6.45) is -0.210. The highest BCUT2D eigenvalue weighted by Gasteiger charge is 2.24. The van der Waals surface area contributed by atoms with Gasteiger partial charge < -0.3 is 15.2 Å². The Morgan fingerprint density at radius 2 is 2.00 bits per heavy atom. The largest absolute Gasteiger partial charge is 0.467 e. The lowest BCUT2D eigenvalue weighted by molar-refractivity contribution is -0.143. The Morgan fingerprint density at radius 1 is 1.37 bits per heavy atom. The molecule has 0 spiro atoms. The number of amides is 1. The second-order valence-electron chi connectivity index (χ2n) is 4.05. The Bertz CT molecular complexity index is 424. The summed E-state index contributed by atoms with van der Waals surface area (Å²) < 4.78 is 4.58. The van der Waals surface area contributed by atoms with Crippen LogP contribution >= 0.6 is 15.9 Å². The quantitative estimate of drug-likeness (QED) is 0.619. The van der Waals surface area contributed by atoms with E-state index < -0.39 is 18.1 Å². The summed E-state index contributed by atoms with van der Waals surface area (Å²) in [7, 11) is 1.24. The standard InChI is InChI=1S/C13H16BrNO4/c1-19-12(16)11(15-13(17)18)8-10(14)7-9-5-3-2-4-6-9/h2-6,10-11,15H,7-8H2,1H3,(H,17,18)/t10-,11?/m1/s1. The van der Waals surface area contributed by atoms with Crippen molar-refractivity contribution < 1.29 is 19.4 Å². The molecule has 6 heteroatoms. The summed E-state index contributed by atoms with van der Waals surface area (Å²) in [5.74, 6) is -0.583. The third-order valence-corrected chi connectivity index (χ3v) is 3.27.